The Kier molecular flexibility index (Phi) is 13.8. The monoisotopic (exact) mass is 735 g/mol. The Balaban J connectivity index is 1.39. The van der Waals surface area contributed by atoms with Gasteiger partial charge in [0.1, 0.15) is 23.9 Å². The highest BCUT2D eigenvalue weighted by atomic mass is 16.6. The minimum Gasteiger partial charge on any atom is -0.467 e. The highest BCUT2D eigenvalue weighted by Crippen LogP contribution is 2.37. The molecule has 1 aliphatic heterocycles. The fraction of sp³-hybridized carbons (Fsp3) is 0.538. The van der Waals surface area contributed by atoms with E-state index in [1.165, 1.54) is 16.9 Å². The molecule has 0 aromatic heterocycles. The van der Waals surface area contributed by atoms with Gasteiger partial charge in [-0.25, -0.2) is 34.0 Å². The second-order valence-corrected chi connectivity index (χ2v) is 15.2. The quantitative estimate of drug-likeness (QED) is 0.219. The molecule has 1 heterocycles. The van der Waals surface area contributed by atoms with Crippen LogP contribution in [0.15, 0.2) is 59.6 Å². The highest BCUT2D eigenvalue weighted by molar-refractivity contribution is 6.03. The zero-order valence-electron chi connectivity index (χ0n) is 31.8. The van der Waals surface area contributed by atoms with E-state index < -0.39 is 41.5 Å². The third kappa shape index (κ3) is 12.5. The number of esters is 1. The number of guanidine groups is 1. The fourth-order valence-electron chi connectivity index (χ4n) is 6.08. The number of nitrogens with zero attached hydrogens (tertiary/aromatic N) is 3. The molecule has 2 aromatic carbocycles. The van der Waals surface area contributed by atoms with Crippen molar-refractivity contribution >= 4 is 41.8 Å². The molecule has 2 N–H and O–H groups in total. The molecule has 2 aliphatic rings. The van der Waals surface area contributed by atoms with E-state index in [0.717, 1.165) is 24.0 Å². The molecule has 2 aromatic rings. The lowest BCUT2D eigenvalue weighted by Gasteiger charge is -2.37. The molecule has 1 saturated carbocycles. The number of aliphatic imine (C=N–C) groups is 1. The fourth-order valence-corrected chi connectivity index (χ4v) is 6.08. The molecule has 0 radical (unpaired) electrons. The first-order chi connectivity index (χ1) is 25.0. The number of methoxy groups -OCH3 is 1. The number of benzene rings is 2. The van der Waals surface area contributed by atoms with Gasteiger partial charge in [0, 0.05) is 25.6 Å². The number of hydrogen-bond donors (Lipinski definition) is 2. The minimum atomic E-state index is -1.12. The van der Waals surface area contributed by atoms with E-state index in [1.54, 1.807) is 41.5 Å². The van der Waals surface area contributed by atoms with Crippen molar-refractivity contribution in [3.8, 4) is 0 Å². The summed E-state index contributed by atoms with van der Waals surface area (Å²) in [5, 5.41) is 5.28. The molecule has 0 spiro atoms. The topological polar surface area (TPSA) is 165 Å². The lowest BCUT2D eigenvalue weighted by molar-refractivity contribution is -0.143. The van der Waals surface area contributed by atoms with Crippen LogP contribution in [0, 0.1) is 5.92 Å². The van der Waals surface area contributed by atoms with Crippen LogP contribution in [0.25, 0.3) is 0 Å². The molecule has 1 saturated heterocycles. The molecule has 1 atom stereocenters. The minimum absolute atomic E-state index is 0.0294. The van der Waals surface area contributed by atoms with E-state index >= 15 is 0 Å². The molecule has 4 rings (SSSR count). The van der Waals surface area contributed by atoms with Crippen LogP contribution in [0.1, 0.15) is 90.7 Å². The van der Waals surface area contributed by atoms with E-state index in [-0.39, 0.29) is 36.9 Å². The summed E-state index contributed by atoms with van der Waals surface area (Å²) in [6, 6.07) is 15.7. The summed E-state index contributed by atoms with van der Waals surface area (Å²) < 4.78 is 21.4. The lowest BCUT2D eigenvalue weighted by Crippen LogP contribution is -2.56. The maximum absolute atomic E-state index is 13.3. The van der Waals surface area contributed by atoms with Crippen molar-refractivity contribution in [2.24, 2.45) is 10.9 Å². The van der Waals surface area contributed by atoms with Gasteiger partial charge in [-0.05, 0) is 103 Å². The number of carbonyl (C=O) groups excluding carboxylic acids is 5. The van der Waals surface area contributed by atoms with Crippen molar-refractivity contribution in [2.45, 2.75) is 103 Å². The average molecular weight is 736 g/mol. The van der Waals surface area contributed by atoms with Gasteiger partial charge in [0.25, 0.3) is 0 Å². The van der Waals surface area contributed by atoms with Crippen LogP contribution in [-0.4, -0.2) is 89.9 Å². The summed E-state index contributed by atoms with van der Waals surface area (Å²) >= 11 is 0. The third-order valence-corrected chi connectivity index (χ3v) is 8.61. The van der Waals surface area contributed by atoms with E-state index in [4.69, 9.17) is 23.9 Å². The van der Waals surface area contributed by atoms with Crippen LogP contribution >= 0.6 is 0 Å². The average Bonchev–Trinajstić information content (AvgIpc) is 3.11. The van der Waals surface area contributed by atoms with Gasteiger partial charge in [0.05, 0.1) is 12.8 Å². The number of alkyl carbamates (subject to hydrolysis) is 1. The van der Waals surface area contributed by atoms with Crippen molar-refractivity contribution < 1.29 is 42.9 Å². The first-order valence-electron chi connectivity index (χ1n) is 18.1. The Morgan fingerprint density at radius 1 is 0.830 bits per heavy atom. The van der Waals surface area contributed by atoms with E-state index in [9.17, 15) is 24.0 Å². The number of amides is 4. The number of rotatable bonds is 9. The Bertz CT molecular complexity index is 1590. The smallest absolute Gasteiger partial charge is 0.417 e. The summed E-state index contributed by atoms with van der Waals surface area (Å²) in [6.07, 6.45) is 1.21. The van der Waals surface area contributed by atoms with Gasteiger partial charge in [-0.2, -0.15) is 0 Å². The zero-order chi connectivity index (χ0) is 38.8. The van der Waals surface area contributed by atoms with Crippen LogP contribution in [0.5, 0.6) is 0 Å². The van der Waals surface area contributed by atoms with Crippen LogP contribution in [-0.2, 0) is 35.1 Å². The summed E-state index contributed by atoms with van der Waals surface area (Å²) in [5.41, 5.74) is 0.883. The van der Waals surface area contributed by atoms with Gasteiger partial charge in [0.2, 0.25) is 11.9 Å². The molecule has 1 aliphatic carbocycles. The van der Waals surface area contributed by atoms with Crippen LogP contribution in [0.3, 0.4) is 0 Å². The van der Waals surface area contributed by atoms with Gasteiger partial charge in [0.15, 0.2) is 0 Å². The van der Waals surface area contributed by atoms with Crippen molar-refractivity contribution in [3.05, 3.63) is 65.7 Å². The molecule has 2 fully saturated rings. The Morgan fingerprint density at radius 2 is 1.43 bits per heavy atom. The Hall–Kier alpha value is -5.14. The summed E-state index contributed by atoms with van der Waals surface area (Å²) in [6.45, 7) is 11.2. The van der Waals surface area contributed by atoms with Crippen molar-refractivity contribution in [1.82, 2.24) is 20.4 Å². The molecular formula is C39H53N5O9. The lowest BCUT2D eigenvalue weighted by atomic mass is 9.78. The van der Waals surface area contributed by atoms with Gasteiger partial charge in [-0.15, -0.1) is 0 Å². The molecule has 0 bridgehead atoms. The number of nitrogens with one attached hydrogen (secondary N) is 2. The van der Waals surface area contributed by atoms with Gasteiger partial charge < -0.3 is 29.6 Å². The Morgan fingerprint density at radius 3 is 2.00 bits per heavy atom. The van der Waals surface area contributed by atoms with Crippen molar-refractivity contribution in [3.63, 3.8) is 0 Å². The van der Waals surface area contributed by atoms with Gasteiger partial charge in [-0.1, -0.05) is 42.5 Å². The van der Waals surface area contributed by atoms with Crippen LogP contribution < -0.4 is 10.6 Å². The molecule has 53 heavy (non-hydrogen) atoms. The summed E-state index contributed by atoms with van der Waals surface area (Å²) in [7, 11) is 1.21. The second kappa shape index (κ2) is 18.1. The maximum Gasteiger partial charge on any atom is 0.417 e. The normalized spacial score (nSPS) is 18.3. The maximum atomic E-state index is 13.3. The highest BCUT2D eigenvalue weighted by Gasteiger charge is 2.37. The van der Waals surface area contributed by atoms with Crippen molar-refractivity contribution in [1.29, 1.82) is 0 Å². The molecule has 4 amide bonds. The Labute approximate surface area is 311 Å². The van der Waals surface area contributed by atoms with E-state index in [0.29, 0.717) is 38.0 Å². The van der Waals surface area contributed by atoms with Crippen molar-refractivity contribution in [2.75, 3.05) is 26.7 Å². The largest absolute Gasteiger partial charge is 0.467 e. The number of ether oxygens (including phenoxy) is 4. The van der Waals surface area contributed by atoms with Gasteiger partial charge in [-0.3, -0.25) is 4.79 Å². The molecular weight excluding hydrogens is 682 g/mol. The standard InChI is InChI=1S/C39H53N5O9/c1-38(2,3)52-36(48)43-21-12-22-44(37(49)53-39(4,5)6)34(43)41-30-16-11-15-29(23-30)27-17-19-28(20-18-27)32(45)40-24-31(33(46)50-7)42-35(47)51-25-26-13-9-8-10-14-26/h8-11,13-16,23,27-28,31H,12,17-22,24-25H2,1-7H3,(H,40,45)(H,42,47)/t27?,28?,31-/m0/s1. The summed E-state index contributed by atoms with van der Waals surface area (Å²) in [4.78, 5) is 72.1. The zero-order valence-corrected chi connectivity index (χ0v) is 31.8. The van der Waals surface area contributed by atoms with Crippen LogP contribution in [0.2, 0.25) is 0 Å². The SMILES string of the molecule is COC(=O)[C@H](CNC(=O)C1CCC(c2cccc(N=C3N(C(=O)OC(C)(C)C)CCCN3C(=O)OC(C)(C)C)c2)CC1)NC(=O)OCc1ccccc1. The predicted molar refractivity (Wildman–Crippen MR) is 197 cm³/mol. The van der Waals surface area contributed by atoms with E-state index in [2.05, 4.69) is 10.6 Å². The van der Waals surface area contributed by atoms with E-state index in [1.807, 2.05) is 54.6 Å². The number of carbonyl (C=O) groups is 5. The number of hydrogen-bond acceptors (Lipinski definition) is 10. The molecule has 14 heteroatoms. The predicted octanol–water partition coefficient (Wildman–Crippen LogP) is 6.41. The van der Waals surface area contributed by atoms with Gasteiger partial charge >= 0.3 is 24.2 Å². The van der Waals surface area contributed by atoms with Crippen LogP contribution in [0.4, 0.5) is 20.1 Å². The molecule has 14 nitrogen and oxygen atoms in total. The second-order valence-electron chi connectivity index (χ2n) is 15.2. The third-order valence-electron chi connectivity index (χ3n) is 8.61. The molecule has 0 unspecified atom stereocenters. The summed E-state index contributed by atoms with van der Waals surface area (Å²) in [5.74, 6) is -0.894. The first-order valence-corrected chi connectivity index (χ1v) is 18.1. The molecule has 288 valence electrons. The first kappa shape index (κ1) is 40.6.